The van der Waals surface area contributed by atoms with Crippen molar-refractivity contribution in [3.8, 4) is 0 Å². The fourth-order valence-corrected chi connectivity index (χ4v) is 5.73. The molecule has 28 heavy (non-hydrogen) atoms. The van der Waals surface area contributed by atoms with Crippen LogP contribution in [-0.2, 0) is 24.1 Å². The Kier molecular flexibility index (Phi) is 6.78. The third-order valence-corrected chi connectivity index (χ3v) is 7.17. The highest BCUT2D eigenvalue weighted by Gasteiger charge is 2.31. The molecule has 0 saturated carbocycles. The average Bonchev–Trinajstić information content (AvgIpc) is 3.32. The molecule has 1 aliphatic heterocycles. The summed E-state index contributed by atoms with van der Waals surface area (Å²) in [5, 5.41) is 1.16. The van der Waals surface area contributed by atoms with Crippen LogP contribution in [0.5, 0.6) is 0 Å². The molecule has 1 aromatic carbocycles. The number of benzene rings is 1. The van der Waals surface area contributed by atoms with Gasteiger partial charge < -0.3 is 4.74 Å². The van der Waals surface area contributed by atoms with E-state index in [1.54, 1.807) is 18.2 Å². The molecule has 2 heterocycles. The van der Waals surface area contributed by atoms with E-state index in [0.717, 1.165) is 37.2 Å². The molecule has 0 spiro atoms. The number of methoxy groups -OCH3 is 1. The van der Waals surface area contributed by atoms with Crippen LogP contribution in [0.15, 0.2) is 30.5 Å². The van der Waals surface area contributed by atoms with E-state index in [1.807, 2.05) is 17.5 Å². The summed E-state index contributed by atoms with van der Waals surface area (Å²) in [6, 6.07) is 9.72. The highest BCUT2D eigenvalue weighted by Crippen LogP contribution is 2.29. The van der Waals surface area contributed by atoms with Crippen molar-refractivity contribution in [2.24, 2.45) is 5.92 Å². The van der Waals surface area contributed by atoms with Crippen LogP contribution in [-0.4, -0.2) is 60.7 Å². The predicted octanol–water partition coefficient (Wildman–Crippen LogP) is 3.78. The lowest BCUT2D eigenvalue weighted by Gasteiger charge is -2.38. The highest BCUT2D eigenvalue weighted by molar-refractivity contribution is 7.11. The van der Waals surface area contributed by atoms with E-state index in [1.165, 1.54) is 43.6 Å². The Morgan fingerprint density at radius 1 is 1.25 bits per heavy atom. The molecule has 1 aromatic heterocycles. The Morgan fingerprint density at radius 2 is 2.04 bits per heavy atom. The zero-order valence-corrected chi connectivity index (χ0v) is 18.1. The van der Waals surface area contributed by atoms with Crippen LogP contribution < -0.4 is 0 Å². The quantitative estimate of drug-likeness (QED) is 0.675. The third-order valence-electron chi connectivity index (χ3n) is 6.27. The van der Waals surface area contributed by atoms with Crippen molar-refractivity contribution in [1.29, 1.82) is 0 Å². The molecule has 152 valence electrons. The molecule has 4 rings (SSSR count). The summed E-state index contributed by atoms with van der Waals surface area (Å²) in [7, 11) is 1.80. The van der Waals surface area contributed by atoms with Gasteiger partial charge in [0.05, 0.1) is 11.6 Å². The van der Waals surface area contributed by atoms with Gasteiger partial charge in [0.1, 0.15) is 0 Å². The Balaban J connectivity index is 1.34. The second kappa shape index (κ2) is 9.49. The van der Waals surface area contributed by atoms with Crippen molar-refractivity contribution in [1.82, 2.24) is 14.8 Å². The lowest BCUT2D eigenvalue weighted by molar-refractivity contribution is 0.0847. The summed E-state index contributed by atoms with van der Waals surface area (Å²) in [4.78, 5) is 11.2. The fraction of sp³-hybridized carbons (Fsp3) is 0.609. The van der Waals surface area contributed by atoms with Crippen molar-refractivity contribution >= 4 is 11.3 Å². The lowest BCUT2D eigenvalue weighted by Crippen LogP contribution is -2.46. The first-order chi connectivity index (χ1) is 13.7. The number of aromatic nitrogens is 1. The first-order valence-corrected chi connectivity index (χ1v) is 11.5. The summed E-state index contributed by atoms with van der Waals surface area (Å²) in [6.07, 6.45) is 7.19. The molecule has 0 bridgehead atoms. The normalized spacial score (nSPS) is 20.8. The van der Waals surface area contributed by atoms with E-state index >= 15 is 0 Å². The number of ether oxygens (including phenoxy) is 1. The lowest BCUT2D eigenvalue weighted by atomic mass is 9.95. The number of nitrogens with zero attached hydrogens (tertiary/aromatic N) is 3. The van der Waals surface area contributed by atoms with Crippen LogP contribution in [0, 0.1) is 12.8 Å². The van der Waals surface area contributed by atoms with Gasteiger partial charge in [0.25, 0.3) is 0 Å². The SMILES string of the molecule is COCCN(Cc1cnc(C)s1)C[C@H]1CCCN(C2Cc3ccccc3C2)C1. The molecule has 0 unspecified atom stereocenters. The molecular formula is C23H33N3OS. The van der Waals surface area contributed by atoms with Crippen molar-refractivity contribution in [3.05, 3.63) is 51.5 Å². The van der Waals surface area contributed by atoms with Gasteiger partial charge in [-0.3, -0.25) is 9.80 Å². The number of piperidine rings is 1. The van der Waals surface area contributed by atoms with Gasteiger partial charge in [0.15, 0.2) is 0 Å². The van der Waals surface area contributed by atoms with Gasteiger partial charge in [-0.25, -0.2) is 4.98 Å². The Hall–Kier alpha value is -1.27. The zero-order valence-electron chi connectivity index (χ0n) is 17.3. The van der Waals surface area contributed by atoms with Crippen molar-refractivity contribution in [2.75, 3.05) is 39.9 Å². The molecule has 5 heteroatoms. The summed E-state index contributed by atoms with van der Waals surface area (Å²) in [5.41, 5.74) is 3.13. The summed E-state index contributed by atoms with van der Waals surface area (Å²) in [5.74, 6) is 0.753. The zero-order chi connectivity index (χ0) is 19.3. The number of rotatable bonds is 8. The van der Waals surface area contributed by atoms with E-state index < -0.39 is 0 Å². The Morgan fingerprint density at radius 3 is 2.71 bits per heavy atom. The minimum atomic E-state index is 0.705. The average molecular weight is 400 g/mol. The van der Waals surface area contributed by atoms with Gasteiger partial charge in [0.2, 0.25) is 0 Å². The number of thiazole rings is 1. The van der Waals surface area contributed by atoms with Crippen LogP contribution in [0.4, 0.5) is 0 Å². The number of likely N-dealkylation sites (tertiary alicyclic amines) is 1. The van der Waals surface area contributed by atoms with Gasteiger partial charge >= 0.3 is 0 Å². The number of hydrogen-bond acceptors (Lipinski definition) is 5. The minimum absolute atomic E-state index is 0.705. The number of hydrogen-bond donors (Lipinski definition) is 0. The largest absolute Gasteiger partial charge is 0.383 e. The van der Waals surface area contributed by atoms with Crippen molar-refractivity contribution in [2.45, 2.75) is 45.2 Å². The molecule has 2 aromatic rings. The molecule has 1 saturated heterocycles. The highest BCUT2D eigenvalue weighted by atomic mass is 32.1. The van der Waals surface area contributed by atoms with E-state index in [9.17, 15) is 0 Å². The van der Waals surface area contributed by atoms with E-state index in [4.69, 9.17) is 4.74 Å². The maximum atomic E-state index is 5.38. The molecule has 0 N–H and O–H groups in total. The van der Waals surface area contributed by atoms with E-state index in [2.05, 4.69) is 46.0 Å². The Bertz CT molecular complexity index is 737. The molecule has 4 nitrogen and oxygen atoms in total. The fourth-order valence-electron chi connectivity index (χ4n) is 4.89. The maximum absolute atomic E-state index is 5.38. The molecule has 2 aliphatic rings. The predicted molar refractivity (Wildman–Crippen MR) is 116 cm³/mol. The van der Waals surface area contributed by atoms with Crippen molar-refractivity contribution < 1.29 is 4.74 Å². The molecule has 1 atom stereocenters. The van der Waals surface area contributed by atoms with Crippen LogP contribution in [0.1, 0.15) is 33.9 Å². The first kappa shape index (κ1) is 20.0. The van der Waals surface area contributed by atoms with E-state index in [0.29, 0.717) is 6.04 Å². The Labute approximate surface area is 173 Å². The van der Waals surface area contributed by atoms with Crippen LogP contribution >= 0.6 is 11.3 Å². The smallest absolute Gasteiger partial charge is 0.0897 e. The third kappa shape index (κ3) is 5.01. The first-order valence-electron chi connectivity index (χ1n) is 10.6. The topological polar surface area (TPSA) is 28.6 Å². The molecule has 1 fully saturated rings. The summed E-state index contributed by atoms with van der Waals surface area (Å²) < 4.78 is 5.38. The molecule has 1 aliphatic carbocycles. The van der Waals surface area contributed by atoms with Gasteiger partial charge in [-0.1, -0.05) is 24.3 Å². The van der Waals surface area contributed by atoms with Gasteiger partial charge in [-0.2, -0.15) is 0 Å². The maximum Gasteiger partial charge on any atom is 0.0897 e. The van der Waals surface area contributed by atoms with Gasteiger partial charge in [-0.05, 0) is 56.2 Å². The van der Waals surface area contributed by atoms with Crippen LogP contribution in [0.2, 0.25) is 0 Å². The second-order valence-corrected chi connectivity index (χ2v) is 9.73. The molecule has 0 radical (unpaired) electrons. The van der Waals surface area contributed by atoms with Crippen LogP contribution in [0.25, 0.3) is 0 Å². The number of aryl methyl sites for hydroxylation is 1. The summed E-state index contributed by atoms with van der Waals surface area (Å²) >= 11 is 1.82. The van der Waals surface area contributed by atoms with Crippen molar-refractivity contribution in [3.63, 3.8) is 0 Å². The standard InChI is InChI=1S/C23H33N3OS/c1-18-24-14-23(28-18)17-25(10-11-27-2)15-19-6-5-9-26(16-19)22-12-20-7-3-4-8-21(20)13-22/h3-4,7-8,14,19,22H,5-6,9-13,15-17H2,1-2H3/t19-/m1/s1. The molecule has 0 amide bonds. The molecular weight excluding hydrogens is 366 g/mol. The van der Waals surface area contributed by atoms with E-state index in [-0.39, 0.29) is 0 Å². The van der Waals surface area contributed by atoms with Gasteiger partial charge in [-0.15, -0.1) is 11.3 Å². The van der Waals surface area contributed by atoms with Gasteiger partial charge in [0, 0.05) is 50.4 Å². The number of fused-ring (bicyclic) bond motifs is 1. The second-order valence-electron chi connectivity index (χ2n) is 8.41. The van der Waals surface area contributed by atoms with Crippen LogP contribution in [0.3, 0.4) is 0 Å². The monoisotopic (exact) mass is 399 g/mol. The minimum Gasteiger partial charge on any atom is -0.383 e. The summed E-state index contributed by atoms with van der Waals surface area (Å²) in [6.45, 7) is 8.55.